The molecule has 0 amide bonds. The van der Waals surface area contributed by atoms with Crippen LogP contribution in [-0.2, 0) is 4.79 Å². The molecule has 92 valence electrons. The smallest absolute Gasteiger partial charge is 0.150 e. The monoisotopic (exact) mass is 240 g/mol. The van der Waals surface area contributed by atoms with Crippen molar-refractivity contribution < 1.29 is 9.59 Å². The Balaban J connectivity index is 0.000000225. The number of carbonyl (C=O) groups excluding carboxylic acids is 2. The fourth-order valence-corrected chi connectivity index (χ4v) is 1.38. The van der Waals surface area contributed by atoms with Gasteiger partial charge in [-0.1, -0.05) is 61.5 Å². The van der Waals surface area contributed by atoms with Crippen molar-refractivity contribution in [3.05, 3.63) is 71.8 Å². The van der Waals surface area contributed by atoms with Gasteiger partial charge in [-0.25, -0.2) is 0 Å². The molecule has 1 atom stereocenters. The lowest BCUT2D eigenvalue weighted by atomic mass is 10.0. The summed E-state index contributed by atoms with van der Waals surface area (Å²) in [7, 11) is 0. The minimum atomic E-state index is -0.134. The first-order chi connectivity index (χ1) is 8.77. The average molecular weight is 240 g/mol. The Kier molecular flexibility index (Phi) is 6.12. The Labute approximate surface area is 107 Å². The lowest BCUT2D eigenvalue weighted by Gasteiger charge is -2.02. The van der Waals surface area contributed by atoms with Gasteiger partial charge in [0, 0.05) is 11.5 Å². The molecule has 0 radical (unpaired) electrons. The maximum atomic E-state index is 10.4. The molecule has 2 aromatic carbocycles. The number of hydrogen-bond donors (Lipinski definition) is 0. The van der Waals surface area contributed by atoms with E-state index in [0.717, 1.165) is 18.1 Å². The van der Waals surface area contributed by atoms with Crippen LogP contribution in [0.15, 0.2) is 60.7 Å². The van der Waals surface area contributed by atoms with Crippen molar-refractivity contribution in [2.24, 2.45) is 0 Å². The molecule has 0 saturated heterocycles. The van der Waals surface area contributed by atoms with E-state index < -0.39 is 0 Å². The second-order valence-corrected chi connectivity index (χ2v) is 3.87. The van der Waals surface area contributed by atoms with Crippen LogP contribution in [0.25, 0.3) is 0 Å². The summed E-state index contributed by atoms with van der Waals surface area (Å²) in [6, 6.07) is 19.1. The molecule has 0 bridgehead atoms. The maximum absolute atomic E-state index is 10.4. The average Bonchev–Trinajstić information content (AvgIpc) is 2.49. The van der Waals surface area contributed by atoms with E-state index >= 15 is 0 Å². The number of rotatable bonds is 3. The lowest BCUT2D eigenvalue weighted by molar-refractivity contribution is -0.108. The van der Waals surface area contributed by atoms with Gasteiger partial charge in [-0.3, -0.25) is 4.79 Å². The van der Waals surface area contributed by atoms with Crippen LogP contribution in [0.5, 0.6) is 0 Å². The summed E-state index contributed by atoms with van der Waals surface area (Å²) < 4.78 is 0. The van der Waals surface area contributed by atoms with Crippen molar-refractivity contribution in [2.75, 3.05) is 0 Å². The molecule has 1 unspecified atom stereocenters. The molecule has 0 aliphatic heterocycles. The molecule has 0 fully saturated rings. The summed E-state index contributed by atoms with van der Waals surface area (Å²) in [5.74, 6) is -0.134. The third-order valence-electron chi connectivity index (χ3n) is 2.44. The van der Waals surface area contributed by atoms with Gasteiger partial charge in [-0.2, -0.15) is 0 Å². The highest BCUT2D eigenvalue weighted by molar-refractivity contribution is 5.75. The molecule has 0 heterocycles. The van der Waals surface area contributed by atoms with Crippen molar-refractivity contribution in [1.29, 1.82) is 0 Å². The zero-order chi connectivity index (χ0) is 13.2. The zero-order valence-corrected chi connectivity index (χ0v) is 10.3. The molecule has 0 aromatic heterocycles. The Morgan fingerprint density at radius 2 is 1.44 bits per heavy atom. The van der Waals surface area contributed by atoms with Gasteiger partial charge in [0.15, 0.2) is 0 Å². The van der Waals surface area contributed by atoms with Gasteiger partial charge in [0.2, 0.25) is 0 Å². The van der Waals surface area contributed by atoms with Crippen LogP contribution in [0, 0.1) is 0 Å². The third-order valence-corrected chi connectivity index (χ3v) is 2.44. The zero-order valence-electron chi connectivity index (χ0n) is 10.3. The van der Waals surface area contributed by atoms with Crippen LogP contribution in [0.4, 0.5) is 0 Å². The summed E-state index contributed by atoms with van der Waals surface area (Å²) in [4.78, 5) is 20.8. The first-order valence-electron chi connectivity index (χ1n) is 5.78. The highest BCUT2D eigenvalue weighted by atomic mass is 16.1. The van der Waals surface area contributed by atoms with Crippen molar-refractivity contribution in [2.45, 2.75) is 12.8 Å². The molecule has 2 nitrogen and oxygen atoms in total. The summed E-state index contributed by atoms with van der Waals surface area (Å²) in [5, 5.41) is 0. The van der Waals surface area contributed by atoms with E-state index in [2.05, 4.69) is 0 Å². The second kappa shape index (κ2) is 7.96. The first kappa shape index (κ1) is 13.8. The topological polar surface area (TPSA) is 34.1 Å². The van der Waals surface area contributed by atoms with Crippen molar-refractivity contribution in [3.8, 4) is 0 Å². The molecule has 2 heteroatoms. The molecular formula is C16H16O2. The number of hydrogen-bond acceptors (Lipinski definition) is 2. The largest absolute Gasteiger partial charge is 0.303 e. The van der Waals surface area contributed by atoms with Gasteiger partial charge >= 0.3 is 0 Å². The standard InChI is InChI=1S/C10H10O2.C6H6/c1-8(6-11)10-4-2-3-9(5-10)7-12;1-2-4-6-5-3-1/h2-8H,1H3;1-6H. The van der Waals surface area contributed by atoms with Crippen LogP contribution in [0.3, 0.4) is 0 Å². The van der Waals surface area contributed by atoms with Crippen molar-refractivity contribution >= 4 is 12.6 Å². The molecule has 0 spiro atoms. The number of benzene rings is 2. The van der Waals surface area contributed by atoms with E-state index in [9.17, 15) is 9.59 Å². The van der Waals surface area contributed by atoms with Gasteiger partial charge in [-0.05, 0) is 11.6 Å². The fraction of sp³-hybridized carbons (Fsp3) is 0.125. The van der Waals surface area contributed by atoms with Crippen molar-refractivity contribution in [1.82, 2.24) is 0 Å². The van der Waals surface area contributed by atoms with Crippen LogP contribution < -0.4 is 0 Å². The lowest BCUT2D eigenvalue weighted by Crippen LogP contribution is -1.94. The third kappa shape index (κ3) is 4.74. The molecule has 0 N–H and O–H groups in total. The van der Waals surface area contributed by atoms with E-state index in [1.54, 1.807) is 25.1 Å². The van der Waals surface area contributed by atoms with Gasteiger partial charge in [0.05, 0.1) is 0 Å². The van der Waals surface area contributed by atoms with Gasteiger partial charge in [-0.15, -0.1) is 0 Å². The first-order valence-corrected chi connectivity index (χ1v) is 5.78. The minimum Gasteiger partial charge on any atom is -0.303 e. The maximum Gasteiger partial charge on any atom is 0.150 e. The van der Waals surface area contributed by atoms with Gasteiger partial charge < -0.3 is 4.79 Å². The fourth-order valence-electron chi connectivity index (χ4n) is 1.38. The summed E-state index contributed by atoms with van der Waals surface area (Å²) >= 11 is 0. The van der Waals surface area contributed by atoms with E-state index in [1.165, 1.54) is 0 Å². The molecule has 0 saturated carbocycles. The Bertz CT molecular complexity index is 451. The Hall–Kier alpha value is -2.22. The normalized spacial score (nSPS) is 10.7. The molecule has 18 heavy (non-hydrogen) atoms. The van der Waals surface area contributed by atoms with Gasteiger partial charge in [0.1, 0.15) is 12.6 Å². The van der Waals surface area contributed by atoms with Crippen LogP contribution in [0.1, 0.15) is 28.8 Å². The number of aldehydes is 2. The highest BCUT2D eigenvalue weighted by Gasteiger charge is 2.02. The minimum absolute atomic E-state index is 0.134. The second-order valence-electron chi connectivity index (χ2n) is 3.87. The van der Waals surface area contributed by atoms with Crippen LogP contribution in [0.2, 0.25) is 0 Å². The SMILES string of the molecule is CC(C=O)c1cccc(C=O)c1.c1ccccc1. The molecular weight excluding hydrogens is 224 g/mol. The predicted molar refractivity (Wildman–Crippen MR) is 72.8 cm³/mol. The highest BCUT2D eigenvalue weighted by Crippen LogP contribution is 2.13. The molecule has 2 rings (SSSR count). The Morgan fingerprint density at radius 1 is 0.889 bits per heavy atom. The predicted octanol–water partition coefficient (Wildman–Crippen LogP) is 3.49. The van der Waals surface area contributed by atoms with Crippen molar-refractivity contribution in [3.63, 3.8) is 0 Å². The summed E-state index contributed by atoms with van der Waals surface area (Å²) in [6.45, 7) is 1.80. The van der Waals surface area contributed by atoms with E-state index in [4.69, 9.17) is 0 Å². The van der Waals surface area contributed by atoms with E-state index in [-0.39, 0.29) is 5.92 Å². The number of carbonyl (C=O) groups is 2. The van der Waals surface area contributed by atoms with E-state index in [1.807, 2.05) is 42.5 Å². The van der Waals surface area contributed by atoms with E-state index in [0.29, 0.717) is 5.56 Å². The summed E-state index contributed by atoms with van der Waals surface area (Å²) in [5.41, 5.74) is 1.50. The molecule has 2 aromatic rings. The van der Waals surface area contributed by atoms with Crippen LogP contribution >= 0.6 is 0 Å². The Morgan fingerprint density at radius 3 is 1.89 bits per heavy atom. The molecule has 0 aliphatic carbocycles. The van der Waals surface area contributed by atoms with Gasteiger partial charge in [0.25, 0.3) is 0 Å². The molecule has 0 aliphatic rings. The summed E-state index contributed by atoms with van der Waals surface area (Å²) in [6.07, 6.45) is 1.64. The van der Waals surface area contributed by atoms with Crippen LogP contribution in [-0.4, -0.2) is 12.6 Å². The quantitative estimate of drug-likeness (QED) is 0.769.